The molecule has 0 spiro atoms. The number of nitrogens with zero attached hydrogens (tertiary/aromatic N) is 1. The maximum Gasteiger partial charge on any atom is 0.416 e. The van der Waals surface area contributed by atoms with Crippen molar-refractivity contribution in [3.05, 3.63) is 53.6 Å². The summed E-state index contributed by atoms with van der Waals surface area (Å²) in [5.74, 6) is -0.0180. The Morgan fingerprint density at radius 3 is 2.31 bits per heavy atom. The molecule has 138 valence electrons. The molecule has 0 fully saturated rings. The van der Waals surface area contributed by atoms with E-state index in [9.17, 15) is 26.4 Å². The van der Waals surface area contributed by atoms with Crippen molar-refractivity contribution in [1.29, 1.82) is 0 Å². The zero-order valence-corrected chi connectivity index (χ0v) is 14.5. The fourth-order valence-corrected chi connectivity index (χ4v) is 3.81. The van der Waals surface area contributed by atoms with Gasteiger partial charge in [0.05, 0.1) is 10.5 Å². The van der Waals surface area contributed by atoms with Crippen LogP contribution in [-0.4, -0.2) is 21.4 Å². The van der Waals surface area contributed by atoms with E-state index in [0.717, 1.165) is 29.8 Å². The van der Waals surface area contributed by atoms with Gasteiger partial charge in [-0.05, 0) is 54.4 Å². The molecular weight excluding hydrogens is 369 g/mol. The van der Waals surface area contributed by atoms with Crippen molar-refractivity contribution in [2.24, 2.45) is 0 Å². The highest BCUT2D eigenvalue weighted by atomic mass is 32.2. The smallest absolute Gasteiger partial charge is 0.315 e. The summed E-state index contributed by atoms with van der Waals surface area (Å²) >= 11 is 0. The normalized spacial score (nSPS) is 14.9. The fraction of sp³-hybridized carbons (Fsp3) is 0.235. The van der Waals surface area contributed by atoms with E-state index < -0.39 is 21.8 Å². The van der Waals surface area contributed by atoms with Gasteiger partial charge in [0.2, 0.25) is 5.91 Å². The van der Waals surface area contributed by atoms with Crippen molar-refractivity contribution in [1.82, 2.24) is 0 Å². The third-order valence-electron chi connectivity index (χ3n) is 4.17. The second-order valence-corrected chi connectivity index (χ2v) is 7.61. The summed E-state index contributed by atoms with van der Waals surface area (Å²) in [6, 6.07) is 8.04. The fourth-order valence-electron chi connectivity index (χ4n) is 2.76. The number of rotatable bonds is 3. The molecule has 0 aliphatic carbocycles. The quantitative estimate of drug-likeness (QED) is 0.882. The van der Waals surface area contributed by atoms with Crippen LogP contribution >= 0.6 is 0 Å². The zero-order chi connectivity index (χ0) is 19.1. The Morgan fingerprint density at radius 2 is 1.69 bits per heavy atom. The molecule has 1 aliphatic heterocycles. The van der Waals surface area contributed by atoms with E-state index in [-0.39, 0.29) is 16.5 Å². The molecule has 3 rings (SSSR count). The summed E-state index contributed by atoms with van der Waals surface area (Å²) in [5, 5.41) is 0. The molecule has 5 nitrogen and oxygen atoms in total. The highest BCUT2D eigenvalue weighted by Gasteiger charge is 2.30. The molecule has 0 saturated heterocycles. The van der Waals surface area contributed by atoms with Crippen LogP contribution in [0.15, 0.2) is 47.4 Å². The van der Waals surface area contributed by atoms with E-state index in [1.807, 2.05) is 0 Å². The molecule has 9 heteroatoms. The predicted molar refractivity (Wildman–Crippen MR) is 90.4 cm³/mol. The number of anilines is 2. The lowest BCUT2D eigenvalue weighted by Gasteiger charge is -2.26. The standard InChI is InChI=1S/C17H15F3N2O3S/c1-22-15-8-5-13(10-11(15)2-9-16(22)23)21-26(24,25)14-6-3-12(4-7-14)17(18,19)20/h3-8,10,21H,2,9H2,1H3. The van der Waals surface area contributed by atoms with Gasteiger partial charge in [-0.3, -0.25) is 9.52 Å². The number of carbonyl (C=O) groups excluding carboxylic acids is 1. The molecule has 2 aromatic carbocycles. The molecule has 1 N–H and O–H groups in total. The number of aryl methyl sites for hydroxylation is 1. The van der Waals surface area contributed by atoms with Gasteiger partial charge in [-0.15, -0.1) is 0 Å². The second-order valence-electron chi connectivity index (χ2n) is 5.92. The number of halogens is 3. The molecule has 0 atom stereocenters. The van der Waals surface area contributed by atoms with Crippen molar-refractivity contribution in [2.75, 3.05) is 16.7 Å². The monoisotopic (exact) mass is 384 g/mol. The molecule has 2 aromatic rings. The van der Waals surface area contributed by atoms with Gasteiger partial charge in [-0.25, -0.2) is 8.42 Å². The minimum absolute atomic E-state index is 0.0180. The van der Waals surface area contributed by atoms with Gasteiger partial charge < -0.3 is 4.90 Å². The molecule has 1 heterocycles. The van der Waals surface area contributed by atoms with Crippen molar-refractivity contribution in [3.63, 3.8) is 0 Å². The van der Waals surface area contributed by atoms with E-state index in [2.05, 4.69) is 4.72 Å². The Bertz CT molecular complexity index is 954. The molecule has 1 amide bonds. The minimum atomic E-state index is -4.53. The first kappa shape index (κ1) is 18.2. The lowest BCUT2D eigenvalue weighted by atomic mass is 10.0. The number of sulfonamides is 1. The minimum Gasteiger partial charge on any atom is -0.315 e. The number of benzene rings is 2. The summed E-state index contributed by atoms with van der Waals surface area (Å²) in [6.07, 6.45) is -3.70. The van der Waals surface area contributed by atoms with Crippen LogP contribution in [0.2, 0.25) is 0 Å². The van der Waals surface area contributed by atoms with E-state index in [0.29, 0.717) is 18.5 Å². The average molecular weight is 384 g/mol. The summed E-state index contributed by atoms with van der Waals surface area (Å²) in [7, 11) is -2.38. The van der Waals surface area contributed by atoms with Crippen LogP contribution in [0.4, 0.5) is 24.5 Å². The van der Waals surface area contributed by atoms with Gasteiger partial charge in [0, 0.05) is 24.8 Å². The molecule has 1 aliphatic rings. The van der Waals surface area contributed by atoms with Gasteiger partial charge in [-0.1, -0.05) is 0 Å². The highest BCUT2D eigenvalue weighted by Crippen LogP contribution is 2.31. The number of amides is 1. The molecule has 0 unspecified atom stereocenters. The molecule has 26 heavy (non-hydrogen) atoms. The predicted octanol–water partition coefficient (Wildman–Crippen LogP) is 3.42. The topological polar surface area (TPSA) is 66.5 Å². The summed E-state index contributed by atoms with van der Waals surface area (Å²) in [4.78, 5) is 12.9. The Balaban J connectivity index is 1.85. The van der Waals surface area contributed by atoms with Crippen LogP contribution in [0.3, 0.4) is 0 Å². The van der Waals surface area contributed by atoms with Crippen LogP contribution in [0.5, 0.6) is 0 Å². The highest BCUT2D eigenvalue weighted by molar-refractivity contribution is 7.92. The summed E-state index contributed by atoms with van der Waals surface area (Å²) in [5.41, 5.74) is 0.891. The van der Waals surface area contributed by atoms with Crippen LogP contribution in [0.1, 0.15) is 17.5 Å². The molecule has 0 saturated carbocycles. The third kappa shape index (κ3) is 3.52. The van der Waals surface area contributed by atoms with Gasteiger partial charge in [-0.2, -0.15) is 13.2 Å². The van der Waals surface area contributed by atoms with E-state index in [4.69, 9.17) is 0 Å². The zero-order valence-electron chi connectivity index (χ0n) is 13.7. The molecule has 0 bridgehead atoms. The first-order chi connectivity index (χ1) is 12.1. The summed E-state index contributed by atoms with van der Waals surface area (Å²) in [6.45, 7) is 0. The first-order valence-electron chi connectivity index (χ1n) is 7.67. The van der Waals surface area contributed by atoms with Gasteiger partial charge in [0.25, 0.3) is 10.0 Å². The van der Waals surface area contributed by atoms with Crippen LogP contribution < -0.4 is 9.62 Å². The number of carbonyl (C=O) groups is 1. The number of alkyl halides is 3. The van der Waals surface area contributed by atoms with Gasteiger partial charge in [0.15, 0.2) is 0 Å². The molecular formula is C17H15F3N2O3S. The van der Waals surface area contributed by atoms with Crippen molar-refractivity contribution in [3.8, 4) is 0 Å². The van der Waals surface area contributed by atoms with Crippen LogP contribution in [-0.2, 0) is 27.4 Å². The SMILES string of the molecule is CN1C(=O)CCc2cc(NS(=O)(=O)c3ccc(C(F)(F)F)cc3)ccc21. The number of fused-ring (bicyclic) bond motifs is 1. The Labute approximate surface area is 148 Å². The van der Waals surface area contributed by atoms with Crippen molar-refractivity contribution >= 4 is 27.3 Å². The van der Waals surface area contributed by atoms with Gasteiger partial charge >= 0.3 is 6.18 Å². The van der Waals surface area contributed by atoms with Crippen molar-refractivity contribution < 1.29 is 26.4 Å². The lowest BCUT2D eigenvalue weighted by molar-refractivity contribution is -0.137. The Morgan fingerprint density at radius 1 is 1.04 bits per heavy atom. The lowest BCUT2D eigenvalue weighted by Crippen LogP contribution is -2.31. The maximum atomic E-state index is 12.6. The first-order valence-corrected chi connectivity index (χ1v) is 9.16. The Kier molecular flexibility index (Phi) is 4.43. The van der Waals surface area contributed by atoms with E-state index in [1.165, 1.54) is 11.0 Å². The Hall–Kier alpha value is -2.55. The molecule has 0 aromatic heterocycles. The average Bonchev–Trinajstić information content (AvgIpc) is 2.57. The number of nitrogens with one attached hydrogen (secondary N) is 1. The number of hydrogen-bond acceptors (Lipinski definition) is 3. The van der Waals surface area contributed by atoms with E-state index >= 15 is 0 Å². The van der Waals surface area contributed by atoms with Crippen LogP contribution in [0, 0.1) is 0 Å². The van der Waals surface area contributed by atoms with Gasteiger partial charge in [0.1, 0.15) is 0 Å². The maximum absolute atomic E-state index is 12.6. The van der Waals surface area contributed by atoms with E-state index in [1.54, 1.807) is 19.2 Å². The van der Waals surface area contributed by atoms with Crippen LogP contribution in [0.25, 0.3) is 0 Å². The third-order valence-corrected chi connectivity index (χ3v) is 5.56. The number of hydrogen-bond donors (Lipinski definition) is 1. The van der Waals surface area contributed by atoms with Crippen molar-refractivity contribution in [2.45, 2.75) is 23.9 Å². The summed E-state index contributed by atoms with van der Waals surface area (Å²) < 4.78 is 64.9. The second kappa shape index (κ2) is 6.31. The molecule has 0 radical (unpaired) electrons. The largest absolute Gasteiger partial charge is 0.416 e.